The Morgan fingerprint density at radius 1 is 1.33 bits per heavy atom. The van der Waals surface area contributed by atoms with Crippen molar-refractivity contribution in [1.29, 1.82) is 0 Å². The number of amides is 1. The summed E-state index contributed by atoms with van der Waals surface area (Å²) in [5, 5.41) is 12.6. The van der Waals surface area contributed by atoms with E-state index < -0.39 is 4.92 Å². The fourth-order valence-corrected chi connectivity index (χ4v) is 3.31. The van der Waals surface area contributed by atoms with Crippen molar-refractivity contribution in [2.24, 2.45) is 4.99 Å². The van der Waals surface area contributed by atoms with E-state index >= 15 is 0 Å². The normalized spacial score (nSPS) is 14.4. The van der Waals surface area contributed by atoms with Gasteiger partial charge in [0, 0.05) is 12.6 Å². The van der Waals surface area contributed by atoms with Crippen LogP contribution in [0.15, 0.2) is 40.7 Å². The molecule has 0 spiro atoms. The quantitative estimate of drug-likeness (QED) is 0.631. The Morgan fingerprint density at radius 3 is 2.71 bits per heavy atom. The van der Waals surface area contributed by atoms with Crippen LogP contribution < -0.4 is 4.90 Å². The summed E-state index contributed by atoms with van der Waals surface area (Å²) in [6.45, 7) is -0.0146. The molecule has 7 heteroatoms. The molecule has 6 nitrogen and oxygen atoms in total. The third-order valence-corrected chi connectivity index (χ3v) is 4.25. The SMILES string of the molecule is CN1C(=O)CN=C(c2ccccc2)c2scc([N+](=O)[O-])c21. The predicted octanol–water partition coefficient (Wildman–Crippen LogP) is 2.47. The molecule has 0 fully saturated rings. The van der Waals surface area contributed by atoms with Gasteiger partial charge in [0.05, 0.1) is 20.9 Å². The lowest BCUT2D eigenvalue weighted by Crippen LogP contribution is -2.27. The number of carbonyl (C=O) groups is 1. The van der Waals surface area contributed by atoms with Gasteiger partial charge in [-0.1, -0.05) is 30.3 Å². The van der Waals surface area contributed by atoms with Crippen molar-refractivity contribution in [2.45, 2.75) is 0 Å². The Kier molecular flexibility index (Phi) is 3.26. The summed E-state index contributed by atoms with van der Waals surface area (Å²) in [7, 11) is 1.55. The van der Waals surface area contributed by atoms with Crippen LogP contribution in [0.2, 0.25) is 0 Å². The number of nitro groups is 1. The van der Waals surface area contributed by atoms with Gasteiger partial charge in [0.1, 0.15) is 12.2 Å². The Hall–Kier alpha value is -2.54. The highest BCUT2D eigenvalue weighted by molar-refractivity contribution is 7.13. The minimum atomic E-state index is -0.465. The zero-order chi connectivity index (χ0) is 15.0. The van der Waals surface area contributed by atoms with Crippen molar-refractivity contribution >= 4 is 34.3 Å². The third-order valence-electron chi connectivity index (χ3n) is 3.29. The summed E-state index contributed by atoms with van der Waals surface area (Å²) in [6, 6.07) is 9.38. The molecule has 0 unspecified atom stereocenters. The number of nitrogens with zero attached hydrogens (tertiary/aromatic N) is 3. The topological polar surface area (TPSA) is 75.8 Å². The maximum atomic E-state index is 12.0. The van der Waals surface area contributed by atoms with Gasteiger partial charge >= 0.3 is 5.69 Å². The lowest BCUT2D eigenvalue weighted by Gasteiger charge is -2.13. The van der Waals surface area contributed by atoms with Crippen LogP contribution in [-0.2, 0) is 4.79 Å². The van der Waals surface area contributed by atoms with Crippen molar-refractivity contribution in [2.75, 3.05) is 18.5 Å². The van der Waals surface area contributed by atoms with E-state index in [0.29, 0.717) is 16.3 Å². The van der Waals surface area contributed by atoms with Gasteiger partial charge in [-0.2, -0.15) is 0 Å². The molecule has 0 atom stereocenters. The largest absolute Gasteiger partial charge is 0.307 e. The molecule has 3 rings (SSSR count). The van der Waals surface area contributed by atoms with Crippen LogP contribution >= 0.6 is 11.3 Å². The number of aliphatic imine (C=N–C) groups is 1. The summed E-state index contributed by atoms with van der Waals surface area (Å²) >= 11 is 1.24. The minimum Gasteiger partial charge on any atom is -0.307 e. The molecule has 1 aromatic heterocycles. The van der Waals surface area contributed by atoms with Crippen LogP contribution in [0.3, 0.4) is 0 Å². The number of likely N-dealkylation sites (N-methyl/N-ethyl adjacent to an activating group) is 1. The molecular formula is C14H11N3O3S. The van der Waals surface area contributed by atoms with E-state index in [-0.39, 0.29) is 18.1 Å². The van der Waals surface area contributed by atoms with Crippen LogP contribution in [0.1, 0.15) is 10.4 Å². The first kappa shape index (κ1) is 13.4. The van der Waals surface area contributed by atoms with Crippen LogP contribution in [0.25, 0.3) is 0 Å². The first-order chi connectivity index (χ1) is 10.1. The maximum Gasteiger partial charge on any atom is 0.304 e. The molecule has 21 heavy (non-hydrogen) atoms. The fourth-order valence-electron chi connectivity index (χ4n) is 2.23. The average Bonchev–Trinajstić information content (AvgIpc) is 2.88. The first-order valence-corrected chi connectivity index (χ1v) is 7.10. The monoisotopic (exact) mass is 301 g/mol. The molecular weight excluding hydrogens is 290 g/mol. The molecule has 1 aliphatic heterocycles. The number of anilines is 1. The number of benzene rings is 1. The van der Waals surface area contributed by atoms with E-state index in [1.807, 2.05) is 30.3 Å². The molecule has 0 bridgehead atoms. The standard InChI is InChI=1S/C14H11N3O3S/c1-16-11(18)7-15-12(9-5-3-2-4-6-9)14-13(16)10(8-21-14)17(19)20/h2-6,8H,7H2,1H3. The zero-order valence-corrected chi connectivity index (χ0v) is 12.0. The van der Waals surface area contributed by atoms with Gasteiger partial charge in [-0.15, -0.1) is 11.3 Å². The van der Waals surface area contributed by atoms with Crippen molar-refractivity contribution < 1.29 is 9.72 Å². The van der Waals surface area contributed by atoms with Crippen LogP contribution in [0, 0.1) is 10.1 Å². The molecule has 2 heterocycles. The number of fused-ring (bicyclic) bond motifs is 1. The highest BCUT2D eigenvalue weighted by Gasteiger charge is 2.31. The minimum absolute atomic E-state index is 0.0146. The van der Waals surface area contributed by atoms with E-state index in [0.717, 1.165) is 5.56 Å². The lowest BCUT2D eigenvalue weighted by atomic mass is 10.1. The van der Waals surface area contributed by atoms with Gasteiger partial charge in [-0.05, 0) is 0 Å². The molecule has 0 saturated carbocycles. The Morgan fingerprint density at radius 2 is 2.05 bits per heavy atom. The second-order valence-corrected chi connectivity index (χ2v) is 5.42. The molecule has 1 amide bonds. The highest BCUT2D eigenvalue weighted by Crippen LogP contribution is 2.39. The third kappa shape index (κ3) is 2.21. The van der Waals surface area contributed by atoms with Crippen molar-refractivity contribution in [3.05, 3.63) is 56.3 Å². The smallest absolute Gasteiger partial charge is 0.304 e. The summed E-state index contributed by atoms with van der Waals surface area (Å²) in [5.41, 5.74) is 1.74. The second kappa shape index (κ2) is 5.10. The van der Waals surface area contributed by atoms with Crippen LogP contribution in [0.4, 0.5) is 11.4 Å². The number of carbonyl (C=O) groups excluding carboxylic acids is 1. The molecule has 0 saturated heterocycles. The molecule has 0 N–H and O–H groups in total. The van der Waals surface area contributed by atoms with Crippen LogP contribution in [-0.4, -0.2) is 30.1 Å². The van der Waals surface area contributed by atoms with Gasteiger partial charge in [0.15, 0.2) is 0 Å². The van der Waals surface area contributed by atoms with Gasteiger partial charge < -0.3 is 4.90 Å². The van der Waals surface area contributed by atoms with Crippen LogP contribution in [0.5, 0.6) is 0 Å². The Labute approximate surface area is 124 Å². The van der Waals surface area contributed by atoms with E-state index in [1.165, 1.54) is 21.6 Å². The predicted molar refractivity (Wildman–Crippen MR) is 81.3 cm³/mol. The van der Waals surface area contributed by atoms with Gasteiger partial charge in [0.2, 0.25) is 5.91 Å². The maximum absolute atomic E-state index is 12.0. The number of hydrogen-bond donors (Lipinski definition) is 0. The molecule has 2 aromatic rings. The zero-order valence-electron chi connectivity index (χ0n) is 11.1. The molecule has 1 aromatic carbocycles. The van der Waals surface area contributed by atoms with E-state index in [4.69, 9.17) is 0 Å². The van der Waals surface area contributed by atoms with Crippen molar-refractivity contribution in [1.82, 2.24) is 0 Å². The van der Waals surface area contributed by atoms with Gasteiger partial charge in [0.25, 0.3) is 0 Å². The summed E-state index contributed by atoms with van der Waals surface area (Å²) < 4.78 is 0. The summed E-state index contributed by atoms with van der Waals surface area (Å²) in [5.74, 6) is -0.260. The second-order valence-electron chi connectivity index (χ2n) is 4.54. The Bertz CT molecular complexity index is 752. The number of thiophene rings is 1. The van der Waals surface area contributed by atoms with Crippen molar-refractivity contribution in [3.63, 3.8) is 0 Å². The van der Waals surface area contributed by atoms with E-state index in [1.54, 1.807) is 7.05 Å². The molecule has 0 radical (unpaired) electrons. The number of rotatable bonds is 2. The summed E-state index contributed by atoms with van der Waals surface area (Å²) in [4.78, 5) is 29.1. The average molecular weight is 301 g/mol. The molecule has 106 valence electrons. The summed E-state index contributed by atoms with van der Waals surface area (Å²) in [6.07, 6.45) is 0. The van der Waals surface area contributed by atoms with Gasteiger partial charge in [-0.25, -0.2) is 0 Å². The Balaban J connectivity index is 2.23. The number of hydrogen-bond acceptors (Lipinski definition) is 5. The van der Waals surface area contributed by atoms with E-state index in [9.17, 15) is 14.9 Å². The lowest BCUT2D eigenvalue weighted by molar-refractivity contribution is -0.383. The first-order valence-electron chi connectivity index (χ1n) is 6.22. The van der Waals surface area contributed by atoms with Gasteiger partial charge in [-0.3, -0.25) is 19.9 Å². The molecule has 1 aliphatic rings. The van der Waals surface area contributed by atoms with Crippen molar-refractivity contribution in [3.8, 4) is 0 Å². The van der Waals surface area contributed by atoms with E-state index in [2.05, 4.69) is 4.99 Å². The molecule has 0 aliphatic carbocycles. The fraction of sp³-hybridized carbons (Fsp3) is 0.143. The highest BCUT2D eigenvalue weighted by atomic mass is 32.1.